The lowest BCUT2D eigenvalue weighted by molar-refractivity contribution is 0.104. The number of benzene rings is 1. The average Bonchev–Trinajstić information content (AvgIpc) is 1.88. The van der Waals surface area contributed by atoms with Crippen molar-refractivity contribution < 1.29 is 4.79 Å². The van der Waals surface area contributed by atoms with E-state index in [2.05, 4.69) is 22.9 Å². The predicted octanol–water partition coefficient (Wildman–Crippen LogP) is 2.47. The van der Waals surface area contributed by atoms with E-state index in [1.807, 2.05) is 12.1 Å². The molecular weight excluding hydrogens is 192 g/mol. The number of hydrogen-bond acceptors (Lipinski definition) is 1. The van der Waals surface area contributed by atoms with E-state index in [4.69, 9.17) is 0 Å². The molecule has 1 radical (unpaired) electrons. The van der Waals surface area contributed by atoms with Gasteiger partial charge in [-0.2, -0.15) is 0 Å². The molecule has 0 saturated carbocycles. The largest absolute Gasteiger partial charge is 0.294 e. The molecule has 1 aromatic rings. The van der Waals surface area contributed by atoms with Crippen LogP contribution in [0.25, 0.3) is 0 Å². The van der Waals surface area contributed by atoms with E-state index in [1.165, 1.54) is 0 Å². The summed E-state index contributed by atoms with van der Waals surface area (Å²) in [6, 6.07) is 7.11. The first-order valence-electron chi connectivity index (χ1n) is 2.82. The smallest absolute Gasteiger partial charge is 0.163 e. The van der Waals surface area contributed by atoms with E-state index < -0.39 is 0 Å². The van der Waals surface area contributed by atoms with Gasteiger partial charge in [0.1, 0.15) is 0 Å². The van der Waals surface area contributed by atoms with E-state index in [-0.39, 0.29) is 5.78 Å². The van der Waals surface area contributed by atoms with Crippen molar-refractivity contribution in [1.82, 2.24) is 0 Å². The van der Waals surface area contributed by atoms with Crippen molar-refractivity contribution >= 4 is 21.7 Å². The zero-order chi connectivity index (χ0) is 7.56. The van der Waals surface area contributed by atoms with Gasteiger partial charge in [-0.25, -0.2) is 0 Å². The van der Waals surface area contributed by atoms with Crippen LogP contribution in [0.5, 0.6) is 0 Å². The maximum atomic E-state index is 10.6. The number of hydrogen-bond donors (Lipinski definition) is 0. The maximum Gasteiger partial charge on any atom is 0.163 e. The van der Waals surface area contributed by atoms with Crippen LogP contribution in [0.1, 0.15) is 10.4 Å². The van der Waals surface area contributed by atoms with Gasteiger partial charge in [-0.15, -0.1) is 0 Å². The van der Waals surface area contributed by atoms with Gasteiger partial charge in [0.05, 0.1) is 0 Å². The Kier molecular flexibility index (Phi) is 2.22. The molecule has 0 unspecified atom stereocenters. The summed E-state index contributed by atoms with van der Waals surface area (Å²) >= 11 is 3.26. The molecular formula is C8H6BrO. The number of Topliss-reactive ketones (excluding diaryl/α,β-unsaturated/α-hetero) is 1. The number of rotatable bonds is 1. The molecule has 1 nitrogen and oxygen atoms in total. The van der Waals surface area contributed by atoms with Gasteiger partial charge in [0.25, 0.3) is 0 Å². The van der Waals surface area contributed by atoms with Gasteiger partial charge < -0.3 is 0 Å². The molecule has 0 aliphatic heterocycles. The molecule has 0 bridgehead atoms. The molecule has 0 saturated heterocycles. The van der Waals surface area contributed by atoms with Crippen molar-refractivity contribution in [3.8, 4) is 0 Å². The van der Waals surface area contributed by atoms with Crippen molar-refractivity contribution in [2.24, 2.45) is 0 Å². The van der Waals surface area contributed by atoms with Crippen LogP contribution in [-0.2, 0) is 0 Å². The molecule has 1 aromatic carbocycles. The Morgan fingerprint density at radius 3 is 2.20 bits per heavy atom. The number of carbonyl (C=O) groups is 1. The van der Waals surface area contributed by atoms with Crippen molar-refractivity contribution in [3.63, 3.8) is 0 Å². The van der Waals surface area contributed by atoms with E-state index in [9.17, 15) is 4.79 Å². The second kappa shape index (κ2) is 2.97. The van der Waals surface area contributed by atoms with Crippen LogP contribution in [0.4, 0.5) is 0 Å². The molecule has 0 amide bonds. The first kappa shape index (κ1) is 7.48. The molecule has 0 spiro atoms. The van der Waals surface area contributed by atoms with Crippen LogP contribution < -0.4 is 0 Å². The van der Waals surface area contributed by atoms with Crippen LogP contribution in [0.15, 0.2) is 28.7 Å². The molecule has 51 valence electrons. The summed E-state index contributed by atoms with van der Waals surface area (Å²) in [6.45, 7) is 3.28. The summed E-state index contributed by atoms with van der Waals surface area (Å²) in [5.74, 6) is -0.146. The molecule has 0 atom stereocenters. The topological polar surface area (TPSA) is 17.1 Å². The highest BCUT2D eigenvalue weighted by Gasteiger charge is 1.95. The fraction of sp³-hybridized carbons (Fsp3) is 0. The number of carbonyl (C=O) groups excluding carboxylic acids is 1. The Bertz CT molecular complexity index is 238. The highest BCUT2D eigenvalue weighted by Crippen LogP contribution is 2.10. The highest BCUT2D eigenvalue weighted by atomic mass is 79.9. The molecule has 0 aliphatic rings. The molecule has 0 N–H and O–H groups in total. The Balaban J connectivity index is 3.00. The van der Waals surface area contributed by atoms with Gasteiger partial charge in [-0.05, 0) is 12.1 Å². The standard InChI is InChI=1S/C8H6BrO/c1-6(10)7-2-4-8(9)5-3-7/h2-5H,1H2. The normalized spacial score (nSPS) is 9.40. The lowest BCUT2D eigenvalue weighted by Crippen LogP contribution is -1.89. The van der Waals surface area contributed by atoms with Crippen LogP contribution in [0.3, 0.4) is 0 Å². The van der Waals surface area contributed by atoms with E-state index >= 15 is 0 Å². The molecule has 1 rings (SSSR count). The van der Waals surface area contributed by atoms with Crippen LogP contribution in [-0.4, -0.2) is 5.78 Å². The third-order valence-electron chi connectivity index (χ3n) is 1.17. The van der Waals surface area contributed by atoms with Crippen LogP contribution in [0, 0.1) is 6.92 Å². The van der Waals surface area contributed by atoms with Gasteiger partial charge in [-0.1, -0.05) is 28.1 Å². The van der Waals surface area contributed by atoms with Gasteiger partial charge in [0.2, 0.25) is 0 Å². The van der Waals surface area contributed by atoms with E-state index in [0.717, 1.165) is 4.47 Å². The highest BCUT2D eigenvalue weighted by molar-refractivity contribution is 9.10. The van der Waals surface area contributed by atoms with E-state index in [1.54, 1.807) is 12.1 Å². The monoisotopic (exact) mass is 197 g/mol. The number of ketones is 1. The Hall–Kier alpha value is -0.630. The van der Waals surface area contributed by atoms with E-state index in [0.29, 0.717) is 5.56 Å². The lowest BCUT2D eigenvalue weighted by Gasteiger charge is -1.92. The quantitative estimate of drug-likeness (QED) is 0.633. The minimum absolute atomic E-state index is 0.146. The summed E-state index contributed by atoms with van der Waals surface area (Å²) in [4.78, 5) is 10.6. The fourth-order valence-electron chi connectivity index (χ4n) is 0.636. The summed E-state index contributed by atoms with van der Waals surface area (Å²) in [6.07, 6.45) is 0. The molecule has 0 aliphatic carbocycles. The Labute approximate surface area is 68.2 Å². The third-order valence-corrected chi connectivity index (χ3v) is 1.69. The molecule has 0 aromatic heterocycles. The minimum atomic E-state index is -0.146. The summed E-state index contributed by atoms with van der Waals surface area (Å²) in [5, 5.41) is 0. The third kappa shape index (κ3) is 1.67. The first-order valence-corrected chi connectivity index (χ1v) is 3.61. The lowest BCUT2D eigenvalue weighted by atomic mass is 10.2. The average molecular weight is 198 g/mol. The first-order chi connectivity index (χ1) is 4.70. The molecule has 2 heteroatoms. The van der Waals surface area contributed by atoms with Crippen LogP contribution >= 0.6 is 15.9 Å². The maximum absolute atomic E-state index is 10.6. The minimum Gasteiger partial charge on any atom is -0.294 e. The van der Waals surface area contributed by atoms with Gasteiger partial charge >= 0.3 is 0 Å². The SMILES string of the molecule is [CH2]C(=O)c1ccc(Br)cc1. The van der Waals surface area contributed by atoms with Gasteiger partial charge in [0, 0.05) is 17.0 Å². The second-order valence-corrected chi connectivity index (χ2v) is 2.85. The second-order valence-electron chi connectivity index (χ2n) is 1.93. The summed E-state index contributed by atoms with van der Waals surface area (Å²) in [7, 11) is 0. The Morgan fingerprint density at radius 2 is 1.80 bits per heavy atom. The Morgan fingerprint density at radius 1 is 1.30 bits per heavy atom. The summed E-state index contributed by atoms with van der Waals surface area (Å²) < 4.78 is 0.970. The van der Waals surface area contributed by atoms with Crippen molar-refractivity contribution in [2.75, 3.05) is 0 Å². The van der Waals surface area contributed by atoms with Crippen LogP contribution in [0.2, 0.25) is 0 Å². The van der Waals surface area contributed by atoms with Gasteiger partial charge in [0.15, 0.2) is 5.78 Å². The van der Waals surface area contributed by atoms with Crippen molar-refractivity contribution in [3.05, 3.63) is 41.2 Å². The fourth-order valence-corrected chi connectivity index (χ4v) is 0.900. The predicted molar refractivity (Wildman–Crippen MR) is 43.8 cm³/mol. The molecule has 0 heterocycles. The number of halogens is 1. The van der Waals surface area contributed by atoms with Crippen molar-refractivity contribution in [1.29, 1.82) is 0 Å². The molecule has 10 heavy (non-hydrogen) atoms. The summed E-state index contributed by atoms with van der Waals surface area (Å²) in [5.41, 5.74) is 0.642. The van der Waals surface area contributed by atoms with Gasteiger partial charge in [-0.3, -0.25) is 4.79 Å². The molecule has 0 fully saturated rings. The zero-order valence-corrected chi connectivity index (χ0v) is 6.89. The van der Waals surface area contributed by atoms with Crippen molar-refractivity contribution in [2.45, 2.75) is 0 Å². The zero-order valence-electron chi connectivity index (χ0n) is 5.30.